The van der Waals surface area contributed by atoms with Crippen LogP contribution in [-0.2, 0) is 4.79 Å². The van der Waals surface area contributed by atoms with Gasteiger partial charge in [0.1, 0.15) is 5.54 Å². The summed E-state index contributed by atoms with van der Waals surface area (Å²) in [6.45, 7) is 12.2. The Labute approximate surface area is 130 Å². The largest absolute Gasteiger partial charge is 0.480 e. The minimum atomic E-state index is -0.773. The van der Waals surface area contributed by atoms with Gasteiger partial charge in [0.05, 0.1) is 0 Å². The maximum absolute atomic E-state index is 12.0. The van der Waals surface area contributed by atoms with Crippen molar-refractivity contribution >= 4 is 5.97 Å². The van der Waals surface area contributed by atoms with E-state index in [-0.39, 0.29) is 12.0 Å². The van der Waals surface area contributed by atoms with Crippen LogP contribution in [0.25, 0.3) is 0 Å². The van der Waals surface area contributed by atoms with Gasteiger partial charge in [-0.3, -0.25) is 15.0 Å². The molecular formula is C17H34N2O2. The topological polar surface area (TPSA) is 52.6 Å². The van der Waals surface area contributed by atoms with Crippen LogP contribution in [0.5, 0.6) is 0 Å². The molecule has 0 radical (unpaired) electrons. The van der Waals surface area contributed by atoms with E-state index in [2.05, 4.69) is 31.0 Å². The Morgan fingerprint density at radius 2 is 1.90 bits per heavy atom. The van der Waals surface area contributed by atoms with Gasteiger partial charge in [-0.2, -0.15) is 0 Å². The Morgan fingerprint density at radius 1 is 1.29 bits per heavy atom. The summed E-state index contributed by atoms with van der Waals surface area (Å²) in [6, 6.07) is 0.569. The van der Waals surface area contributed by atoms with Crippen LogP contribution in [-0.4, -0.2) is 46.7 Å². The molecule has 4 heteroatoms. The lowest BCUT2D eigenvalue weighted by Gasteiger charge is -2.39. The maximum Gasteiger partial charge on any atom is 0.325 e. The lowest BCUT2D eigenvalue weighted by molar-refractivity contribution is -0.147. The number of hydrogen-bond acceptors (Lipinski definition) is 3. The van der Waals surface area contributed by atoms with E-state index in [4.69, 9.17) is 0 Å². The van der Waals surface area contributed by atoms with Gasteiger partial charge in [-0.25, -0.2) is 0 Å². The molecule has 2 N–H and O–H groups in total. The SMILES string of the molecule is CCCCCN(CC(NC(C)C)(C(=O)O)C1CC1)C(C)C. The first kappa shape index (κ1) is 18.4. The second-order valence-electron chi connectivity index (χ2n) is 7.12. The monoisotopic (exact) mass is 298 g/mol. The minimum absolute atomic E-state index is 0.186. The molecule has 124 valence electrons. The van der Waals surface area contributed by atoms with E-state index in [0.717, 1.165) is 25.8 Å². The highest BCUT2D eigenvalue weighted by Crippen LogP contribution is 2.41. The van der Waals surface area contributed by atoms with E-state index in [1.807, 2.05) is 13.8 Å². The van der Waals surface area contributed by atoms with Crippen molar-refractivity contribution in [3.8, 4) is 0 Å². The van der Waals surface area contributed by atoms with E-state index in [1.165, 1.54) is 12.8 Å². The van der Waals surface area contributed by atoms with E-state index in [9.17, 15) is 9.90 Å². The molecule has 1 aliphatic rings. The number of carboxylic acid groups (broad SMARTS) is 1. The third-order valence-electron chi connectivity index (χ3n) is 4.43. The van der Waals surface area contributed by atoms with Crippen molar-refractivity contribution in [2.24, 2.45) is 5.92 Å². The van der Waals surface area contributed by atoms with Crippen LogP contribution in [0.2, 0.25) is 0 Å². The second-order valence-corrected chi connectivity index (χ2v) is 7.12. The fraction of sp³-hybridized carbons (Fsp3) is 0.941. The highest BCUT2D eigenvalue weighted by molar-refractivity contribution is 5.80. The van der Waals surface area contributed by atoms with Crippen LogP contribution in [0, 0.1) is 5.92 Å². The molecule has 21 heavy (non-hydrogen) atoms. The number of unbranched alkanes of at least 4 members (excludes halogenated alkanes) is 2. The number of aliphatic carboxylic acids is 1. The zero-order valence-electron chi connectivity index (χ0n) is 14.5. The lowest BCUT2D eigenvalue weighted by atomic mass is 9.90. The summed E-state index contributed by atoms with van der Waals surface area (Å²) >= 11 is 0. The highest BCUT2D eigenvalue weighted by atomic mass is 16.4. The summed E-state index contributed by atoms with van der Waals surface area (Å²) in [6.07, 6.45) is 5.63. The first-order valence-electron chi connectivity index (χ1n) is 8.58. The van der Waals surface area contributed by atoms with Crippen molar-refractivity contribution in [1.82, 2.24) is 10.2 Å². The molecule has 1 saturated carbocycles. The summed E-state index contributed by atoms with van der Waals surface area (Å²) in [5.74, 6) is -0.398. The zero-order valence-corrected chi connectivity index (χ0v) is 14.5. The van der Waals surface area contributed by atoms with Crippen molar-refractivity contribution in [1.29, 1.82) is 0 Å². The molecule has 0 bridgehead atoms. The van der Waals surface area contributed by atoms with E-state index >= 15 is 0 Å². The van der Waals surface area contributed by atoms with Crippen LogP contribution in [0.15, 0.2) is 0 Å². The van der Waals surface area contributed by atoms with Gasteiger partial charge >= 0.3 is 5.97 Å². The smallest absolute Gasteiger partial charge is 0.325 e. The number of nitrogens with one attached hydrogen (secondary N) is 1. The van der Waals surface area contributed by atoms with E-state index < -0.39 is 11.5 Å². The fourth-order valence-corrected chi connectivity index (χ4v) is 3.09. The summed E-state index contributed by atoms with van der Waals surface area (Å²) in [4.78, 5) is 14.4. The number of carboxylic acids is 1. The van der Waals surface area contributed by atoms with Gasteiger partial charge in [-0.05, 0) is 59.4 Å². The van der Waals surface area contributed by atoms with Crippen LogP contribution in [0.3, 0.4) is 0 Å². The van der Waals surface area contributed by atoms with Gasteiger partial charge in [0.25, 0.3) is 0 Å². The minimum Gasteiger partial charge on any atom is -0.480 e. The Morgan fingerprint density at radius 3 is 2.29 bits per heavy atom. The molecule has 0 spiro atoms. The normalized spacial score (nSPS) is 18.5. The second kappa shape index (κ2) is 8.14. The summed E-state index contributed by atoms with van der Waals surface area (Å²) in [7, 11) is 0. The quantitative estimate of drug-likeness (QED) is 0.575. The molecule has 4 nitrogen and oxygen atoms in total. The summed E-state index contributed by atoms with van der Waals surface area (Å²) < 4.78 is 0. The Balaban J connectivity index is 2.83. The fourth-order valence-electron chi connectivity index (χ4n) is 3.09. The molecule has 1 rings (SSSR count). The molecule has 0 saturated heterocycles. The zero-order chi connectivity index (χ0) is 16.0. The number of nitrogens with zero attached hydrogens (tertiary/aromatic N) is 1. The average Bonchev–Trinajstić information content (AvgIpc) is 3.19. The third kappa shape index (κ3) is 5.26. The van der Waals surface area contributed by atoms with Crippen molar-refractivity contribution in [3.63, 3.8) is 0 Å². The first-order chi connectivity index (χ1) is 9.83. The Kier molecular flexibility index (Phi) is 7.14. The molecule has 0 heterocycles. The molecule has 0 aromatic rings. The standard InChI is InChI=1S/C17H34N2O2/c1-6-7-8-11-19(14(4)5)12-17(16(20)21,15-9-10-15)18-13(2)3/h13-15,18H,6-12H2,1-5H3,(H,20,21). The van der Waals surface area contributed by atoms with Gasteiger partial charge in [0.2, 0.25) is 0 Å². The van der Waals surface area contributed by atoms with Crippen LogP contribution >= 0.6 is 0 Å². The molecule has 0 aromatic heterocycles. The average molecular weight is 298 g/mol. The number of rotatable bonds is 11. The first-order valence-corrected chi connectivity index (χ1v) is 8.58. The van der Waals surface area contributed by atoms with E-state index in [1.54, 1.807) is 0 Å². The molecule has 1 aliphatic carbocycles. The molecule has 1 fully saturated rings. The Bertz CT molecular complexity index is 327. The van der Waals surface area contributed by atoms with Crippen molar-refractivity contribution in [3.05, 3.63) is 0 Å². The van der Waals surface area contributed by atoms with Crippen LogP contribution < -0.4 is 5.32 Å². The molecule has 1 unspecified atom stereocenters. The molecule has 0 amide bonds. The number of carbonyl (C=O) groups is 1. The van der Waals surface area contributed by atoms with Gasteiger partial charge in [0, 0.05) is 18.6 Å². The summed E-state index contributed by atoms with van der Waals surface area (Å²) in [5, 5.41) is 13.3. The van der Waals surface area contributed by atoms with Gasteiger partial charge in [-0.1, -0.05) is 19.8 Å². The highest BCUT2D eigenvalue weighted by Gasteiger charge is 2.52. The molecule has 1 atom stereocenters. The third-order valence-corrected chi connectivity index (χ3v) is 4.43. The summed E-state index contributed by atoms with van der Waals surface area (Å²) in [5.41, 5.74) is -0.773. The molecule has 0 aliphatic heterocycles. The molecule has 0 aromatic carbocycles. The van der Waals surface area contributed by atoms with Crippen molar-refractivity contribution in [2.75, 3.05) is 13.1 Å². The van der Waals surface area contributed by atoms with Gasteiger partial charge in [-0.15, -0.1) is 0 Å². The number of hydrogen-bond donors (Lipinski definition) is 2. The maximum atomic E-state index is 12.0. The van der Waals surface area contributed by atoms with Crippen LogP contribution in [0.1, 0.15) is 66.7 Å². The predicted octanol–water partition coefficient (Wildman–Crippen LogP) is 3.12. The lowest BCUT2D eigenvalue weighted by Crippen LogP contribution is -2.63. The van der Waals surface area contributed by atoms with Gasteiger partial charge in [0.15, 0.2) is 0 Å². The van der Waals surface area contributed by atoms with Crippen molar-refractivity contribution in [2.45, 2.75) is 84.3 Å². The van der Waals surface area contributed by atoms with Crippen molar-refractivity contribution < 1.29 is 9.90 Å². The van der Waals surface area contributed by atoms with Gasteiger partial charge < -0.3 is 5.11 Å². The van der Waals surface area contributed by atoms with E-state index in [0.29, 0.717) is 12.6 Å². The molecular weight excluding hydrogens is 264 g/mol. The Hall–Kier alpha value is -0.610. The van der Waals surface area contributed by atoms with Crippen LogP contribution in [0.4, 0.5) is 0 Å². The predicted molar refractivity (Wildman–Crippen MR) is 87.6 cm³/mol.